The summed E-state index contributed by atoms with van der Waals surface area (Å²) in [5.74, 6) is 2.47. The van der Waals surface area contributed by atoms with Crippen LogP contribution < -0.4 is 5.32 Å². The number of halogens is 1. The van der Waals surface area contributed by atoms with E-state index in [0.29, 0.717) is 12.1 Å². The van der Waals surface area contributed by atoms with Gasteiger partial charge >= 0.3 is 0 Å². The van der Waals surface area contributed by atoms with Crippen molar-refractivity contribution in [2.75, 3.05) is 19.6 Å². The largest absolute Gasteiger partial charge is 0.357 e. The number of likely N-dealkylation sites (tertiary alicyclic amines) is 1. The average Bonchev–Trinajstić information content (AvgIpc) is 3.02. The van der Waals surface area contributed by atoms with Crippen LogP contribution in [0.3, 0.4) is 0 Å². The molecule has 6 nitrogen and oxygen atoms in total. The molecule has 2 fully saturated rings. The van der Waals surface area contributed by atoms with E-state index in [0.717, 1.165) is 37.4 Å². The summed E-state index contributed by atoms with van der Waals surface area (Å²) < 4.78 is 0. The van der Waals surface area contributed by atoms with Crippen LogP contribution in [0.5, 0.6) is 0 Å². The first-order valence-corrected chi connectivity index (χ1v) is 8.94. The Morgan fingerprint density at radius 2 is 1.92 bits per heavy atom. The van der Waals surface area contributed by atoms with Crippen molar-refractivity contribution in [2.24, 2.45) is 16.8 Å². The second-order valence-electron chi connectivity index (χ2n) is 6.77. The van der Waals surface area contributed by atoms with Gasteiger partial charge in [0.1, 0.15) is 0 Å². The molecular formula is C18H27IN4O2. The van der Waals surface area contributed by atoms with Crippen LogP contribution in [0, 0.1) is 22.0 Å². The number of hydrogen-bond donors (Lipinski definition) is 1. The zero-order valence-corrected chi connectivity index (χ0v) is 17.0. The van der Waals surface area contributed by atoms with Gasteiger partial charge in [-0.3, -0.25) is 10.1 Å². The van der Waals surface area contributed by atoms with Crippen molar-refractivity contribution in [3.63, 3.8) is 0 Å². The maximum absolute atomic E-state index is 11.2. The topological polar surface area (TPSA) is 70.8 Å². The van der Waals surface area contributed by atoms with E-state index in [2.05, 4.69) is 17.1 Å². The Hall–Kier alpha value is -1.38. The minimum absolute atomic E-state index is 0. The van der Waals surface area contributed by atoms with E-state index >= 15 is 0 Å². The quantitative estimate of drug-likeness (QED) is 0.245. The first kappa shape index (κ1) is 19.9. The standard InChI is InChI=1S/C18H26N4O2.HI/c1-2-19-18(21-12-15-8-3-4-9-16(15)13-21)20-11-14-7-5-6-10-17(14)22(23)24;/h5-7,10,15-16H,2-4,8-9,11-13H2,1H3,(H,19,20);1H. The number of guanidine groups is 1. The Kier molecular flexibility index (Phi) is 7.46. The van der Waals surface area contributed by atoms with Crippen molar-refractivity contribution < 1.29 is 4.92 Å². The number of hydrogen-bond acceptors (Lipinski definition) is 3. The number of nitrogens with zero attached hydrogens (tertiary/aromatic N) is 3. The van der Waals surface area contributed by atoms with Gasteiger partial charge in [-0.25, -0.2) is 4.99 Å². The van der Waals surface area contributed by atoms with Crippen molar-refractivity contribution >= 4 is 35.6 Å². The molecule has 0 amide bonds. The number of fused-ring (bicyclic) bond motifs is 1. The molecule has 1 aromatic carbocycles. The van der Waals surface area contributed by atoms with Crippen molar-refractivity contribution in [1.82, 2.24) is 10.2 Å². The van der Waals surface area contributed by atoms with Crippen molar-refractivity contribution in [1.29, 1.82) is 0 Å². The van der Waals surface area contributed by atoms with Gasteiger partial charge in [0.25, 0.3) is 5.69 Å². The zero-order valence-electron chi connectivity index (χ0n) is 14.7. The molecule has 7 heteroatoms. The predicted molar refractivity (Wildman–Crippen MR) is 110 cm³/mol. The first-order chi connectivity index (χ1) is 11.7. The second-order valence-corrected chi connectivity index (χ2v) is 6.77. The van der Waals surface area contributed by atoms with Crippen molar-refractivity contribution in [3.05, 3.63) is 39.9 Å². The highest BCUT2D eigenvalue weighted by atomic mass is 127. The van der Waals surface area contributed by atoms with Crippen molar-refractivity contribution in [3.8, 4) is 0 Å². The minimum Gasteiger partial charge on any atom is -0.357 e. The van der Waals surface area contributed by atoms with Gasteiger partial charge in [0, 0.05) is 25.7 Å². The van der Waals surface area contributed by atoms with E-state index in [9.17, 15) is 10.1 Å². The summed E-state index contributed by atoms with van der Waals surface area (Å²) >= 11 is 0. The summed E-state index contributed by atoms with van der Waals surface area (Å²) in [6.07, 6.45) is 5.34. The molecule has 2 atom stereocenters. The maximum atomic E-state index is 11.2. The summed E-state index contributed by atoms with van der Waals surface area (Å²) in [5.41, 5.74) is 0.807. The molecule has 3 rings (SSSR count). The molecule has 2 unspecified atom stereocenters. The lowest BCUT2D eigenvalue weighted by molar-refractivity contribution is -0.385. The summed E-state index contributed by atoms with van der Waals surface area (Å²) in [6.45, 7) is 5.33. The van der Waals surface area contributed by atoms with Gasteiger partial charge in [-0.1, -0.05) is 31.0 Å². The number of rotatable bonds is 4. The van der Waals surface area contributed by atoms with Crippen LogP contribution in [0.2, 0.25) is 0 Å². The number of nitro benzene ring substituents is 1. The lowest BCUT2D eigenvalue weighted by Gasteiger charge is -2.22. The molecule has 1 aromatic rings. The molecule has 2 aliphatic rings. The Morgan fingerprint density at radius 3 is 2.52 bits per heavy atom. The lowest BCUT2D eigenvalue weighted by Crippen LogP contribution is -2.40. The van der Waals surface area contributed by atoms with E-state index < -0.39 is 0 Å². The fourth-order valence-electron chi connectivity index (χ4n) is 3.99. The maximum Gasteiger partial charge on any atom is 0.274 e. The Morgan fingerprint density at radius 1 is 1.28 bits per heavy atom. The molecule has 138 valence electrons. The van der Waals surface area contributed by atoms with Gasteiger partial charge in [-0.2, -0.15) is 0 Å². The van der Waals surface area contributed by atoms with Crippen LogP contribution >= 0.6 is 24.0 Å². The average molecular weight is 458 g/mol. The Labute approximate surface area is 166 Å². The molecule has 1 saturated heterocycles. The SMILES string of the molecule is CCNC(=NCc1ccccc1[N+](=O)[O-])N1CC2CCCCC2C1.I. The molecule has 1 aliphatic carbocycles. The molecule has 1 aliphatic heterocycles. The fourth-order valence-corrected chi connectivity index (χ4v) is 3.99. The van der Waals surface area contributed by atoms with E-state index in [1.165, 1.54) is 25.7 Å². The fraction of sp³-hybridized carbons (Fsp3) is 0.611. The zero-order chi connectivity index (χ0) is 16.9. The number of para-hydroxylation sites is 1. The monoisotopic (exact) mass is 458 g/mol. The van der Waals surface area contributed by atoms with Crippen LogP contribution in [0.4, 0.5) is 5.69 Å². The van der Waals surface area contributed by atoms with Crippen LogP contribution in [-0.4, -0.2) is 35.4 Å². The van der Waals surface area contributed by atoms with Gasteiger partial charge < -0.3 is 10.2 Å². The van der Waals surface area contributed by atoms with Gasteiger partial charge in [0.2, 0.25) is 0 Å². The Bertz CT molecular complexity index is 609. The first-order valence-electron chi connectivity index (χ1n) is 8.94. The summed E-state index contributed by atoms with van der Waals surface area (Å²) in [5, 5.41) is 14.5. The summed E-state index contributed by atoms with van der Waals surface area (Å²) in [6, 6.07) is 6.86. The van der Waals surface area contributed by atoms with Crippen molar-refractivity contribution in [2.45, 2.75) is 39.2 Å². The van der Waals surface area contributed by atoms with E-state index in [4.69, 9.17) is 4.99 Å². The molecule has 1 saturated carbocycles. The summed E-state index contributed by atoms with van der Waals surface area (Å²) in [7, 11) is 0. The van der Waals surface area contributed by atoms with Gasteiger partial charge in [0.15, 0.2) is 5.96 Å². The molecule has 0 bridgehead atoms. The molecule has 25 heavy (non-hydrogen) atoms. The van der Waals surface area contributed by atoms with Gasteiger partial charge in [-0.15, -0.1) is 24.0 Å². The molecule has 0 aromatic heterocycles. The third-order valence-corrected chi connectivity index (χ3v) is 5.20. The highest BCUT2D eigenvalue weighted by Gasteiger charge is 2.35. The second kappa shape index (κ2) is 9.35. The Balaban J connectivity index is 0.00000225. The minimum atomic E-state index is -0.331. The molecule has 1 heterocycles. The molecule has 0 radical (unpaired) electrons. The lowest BCUT2D eigenvalue weighted by atomic mass is 9.82. The van der Waals surface area contributed by atoms with Crippen LogP contribution in [-0.2, 0) is 6.54 Å². The third-order valence-electron chi connectivity index (χ3n) is 5.20. The highest BCUT2D eigenvalue weighted by molar-refractivity contribution is 14.0. The van der Waals surface area contributed by atoms with Gasteiger partial charge in [0.05, 0.1) is 17.0 Å². The number of nitro groups is 1. The normalized spacial score (nSPS) is 22.9. The number of nitrogens with one attached hydrogen (secondary N) is 1. The molecular weight excluding hydrogens is 431 g/mol. The smallest absolute Gasteiger partial charge is 0.274 e. The van der Waals surface area contributed by atoms with E-state index in [-0.39, 0.29) is 34.6 Å². The number of benzene rings is 1. The number of aliphatic imine (C=N–C) groups is 1. The third kappa shape index (κ3) is 4.83. The molecule has 1 N–H and O–H groups in total. The van der Waals surface area contributed by atoms with Crippen LogP contribution in [0.25, 0.3) is 0 Å². The van der Waals surface area contributed by atoms with E-state index in [1.54, 1.807) is 18.2 Å². The highest BCUT2D eigenvalue weighted by Crippen LogP contribution is 2.36. The summed E-state index contributed by atoms with van der Waals surface area (Å²) in [4.78, 5) is 17.9. The van der Waals surface area contributed by atoms with Crippen LogP contribution in [0.1, 0.15) is 38.2 Å². The molecule has 0 spiro atoms. The predicted octanol–water partition coefficient (Wildman–Crippen LogP) is 3.80. The van der Waals surface area contributed by atoms with Gasteiger partial charge in [-0.05, 0) is 31.6 Å². The van der Waals surface area contributed by atoms with Crippen LogP contribution in [0.15, 0.2) is 29.3 Å². The van der Waals surface area contributed by atoms with E-state index in [1.807, 2.05) is 6.07 Å².